The van der Waals surface area contributed by atoms with Crippen LogP contribution in [0.1, 0.15) is 12.5 Å². The molecule has 0 aliphatic heterocycles. The maximum atomic E-state index is 9.95. The number of benzene rings is 2. The Labute approximate surface area is 136 Å². The van der Waals surface area contributed by atoms with Gasteiger partial charge >= 0.3 is 0 Å². The van der Waals surface area contributed by atoms with E-state index in [1.165, 1.54) is 0 Å². The van der Waals surface area contributed by atoms with Gasteiger partial charge in [-0.25, -0.2) is 0 Å². The van der Waals surface area contributed by atoms with Crippen LogP contribution in [0, 0.1) is 0 Å². The van der Waals surface area contributed by atoms with Crippen molar-refractivity contribution in [3.63, 3.8) is 0 Å². The van der Waals surface area contributed by atoms with E-state index in [4.69, 9.17) is 4.74 Å². The average Bonchev–Trinajstić information content (AvgIpc) is 2.54. The third kappa shape index (κ3) is 6.18. The molecular weight excluding hydrogens is 294 g/mol. The van der Waals surface area contributed by atoms with E-state index in [2.05, 4.69) is 5.32 Å². The molecule has 0 aromatic heterocycles. The first-order chi connectivity index (χ1) is 11.0. The Morgan fingerprint density at radius 2 is 1.52 bits per heavy atom. The smallest absolute Gasteiger partial charge is 0.119 e. The Balaban J connectivity index is 1.67. The summed E-state index contributed by atoms with van der Waals surface area (Å²) in [6.07, 6.45) is 0.192. The number of aliphatic hydroxyl groups is 1. The molecule has 5 heteroatoms. The summed E-state index contributed by atoms with van der Waals surface area (Å²) in [5.41, 5.74) is 1.12. The first kappa shape index (κ1) is 17.1. The average molecular weight is 317 g/mol. The first-order valence-electron chi connectivity index (χ1n) is 7.64. The molecule has 0 heterocycles. The zero-order valence-corrected chi connectivity index (χ0v) is 13.1. The normalized spacial score (nSPS) is 13.5. The summed E-state index contributed by atoms with van der Waals surface area (Å²) in [5, 5.41) is 31.7. The Kier molecular flexibility index (Phi) is 6.26. The molecule has 2 rings (SSSR count). The lowest BCUT2D eigenvalue weighted by Gasteiger charge is -2.18. The predicted molar refractivity (Wildman–Crippen MR) is 88.9 cm³/mol. The van der Waals surface area contributed by atoms with Crippen molar-refractivity contribution in [2.75, 3.05) is 13.2 Å². The zero-order chi connectivity index (χ0) is 16.7. The second kappa shape index (κ2) is 8.41. The third-order valence-corrected chi connectivity index (χ3v) is 3.46. The van der Waals surface area contributed by atoms with Crippen LogP contribution in [-0.2, 0) is 6.42 Å². The summed E-state index contributed by atoms with van der Waals surface area (Å²) >= 11 is 0. The third-order valence-electron chi connectivity index (χ3n) is 3.46. The summed E-state index contributed by atoms with van der Waals surface area (Å²) in [6.45, 7) is 2.65. The highest BCUT2D eigenvalue weighted by atomic mass is 16.5. The van der Waals surface area contributed by atoms with Gasteiger partial charge in [-0.05, 0) is 55.3 Å². The summed E-state index contributed by atoms with van der Waals surface area (Å²) in [7, 11) is 0. The van der Waals surface area contributed by atoms with E-state index >= 15 is 0 Å². The number of aliphatic hydroxyl groups excluding tert-OH is 1. The highest BCUT2D eigenvalue weighted by molar-refractivity contribution is 5.30. The molecule has 0 fully saturated rings. The van der Waals surface area contributed by atoms with Crippen molar-refractivity contribution < 1.29 is 20.1 Å². The Bertz CT molecular complexity index is 583. The van der Waals surface area contributed by atoms with Gasteiger partial charge < -0.3 is 25.4 Å². The maximum absolute atomic E-state index is 9.95. The van der Waals surface area contributed by atoms with Crippen molar-refractivity contribution in [3.8, 4) is 17.2 Å². The van der Waals surface area contributed by atoms with E-state index in [1.54, 1.807) is 36.4 Å². The molecule has 0 amide bonds. The molecule has 0 bridgehead atoms. The first-order valence-corrected chi connectivity index (χ1v) is 7.64. The summed E-state index contributed by atoms with van der Waals surface area (Å²) in [4.78, 5) is 0. The largest absolute Gasteiger partial charge is 0.508 e. The van der Waals surface area contributed by atoms with Gasteiger partial charge in [0.2, 0.25) is 0 Å². The number of phenolic OH excluding ortho intramolecular Hbond substituents is 2. The summed E-state index contributed by atoms with van der Waals surface area (Å²) in [6, 6.07) is 13.7. The molecule has 0 spiro atoms. The van der Waals surface area contributed by atoms with Crippen LogP contribution < -0.4 is 10.1 Å². The van der Waals surface area contributed by atoms with Crippen LogP contribution in [0.5, 0.6) is 17.2 Å². The minimum atomic E-state index is -0.619. The maximum Gasteiger partial charge on any atom is 0.119 e. The molecule has 0 aliphatic carbocycles. The van der Waals surface area contributed by atoms with Gasteiger partial charge in [0.1, 0.15) is 30.0 Å². The van der Waals surface area contributed by atoms with Crippen molar-refractivity contribution in [3.05, 3.63) is 54.1 Å². The van der Waals surface area contributed by atoms with Gasteiger partial charge in [0.25, 0.3) is 0 Å². The van der Waals surface area contributed by atoms with Gasteiger partial charge in [-0.3, -0.25) is 0 Å². The van der Waals surface area contributed by atoms with Crippen LogP contribution in [0.4, 0.5) is 0 Å². The fourth-order valence-corrected chi connectivity index (χ4v) is 2.19. The molecule has 0 radical (unpaired) electrons. The number of phenols is 2. The van der Waals surface area contributed by atoms with Gasteiger partial charge in [0, 0.05) is 12.6 Å². The minimum absolute atomic E-state index is 0.183. The summed E-state index contributed by atoms with van der Waals surface area (Å²) in [5.74, 6) is 1.05. The zero-order valence-electron chi connectivity index (χ0n) is 13.1. The van der Waals surface area contributed by atoms with Gasteiger partial charge in [-0.1, -0.05) is 12.1 Å². The SMILES string of the molecule is C[C@@H](Cc1ccc(O)cc1)NC[C@H](O)COc1ccc(O)cc1. The molecule has 0 aliphatic rings. The Morgan fingerprint density at radius 1 is 0.957 bits per heavy atom. The van der Waals surface area contributed by atoms with E-state index < -0.39 is 6.10 Å². The monoisotopic (exact) mass is 317 g/mol. The van der Waals surface area contributed by atoms with Crippen molar-refractivity contribution in [1.82, 2.24) is 5.32 Å². The van der Waals surface area contributed by atoms with Gasteiger partial charge in [-0.15, -0.1) is 0 Å². The molecule has 4 N–H and O–H groups in total. The van der Waals surface area contributed by atoms with Crippen LogP contribution in [0.2, 0.25) is 0 Å². The topological polar surface area (TPSA) is 82.0 Å². The molecule has 5 nitrogen and oxygen atoms in total. The summed E-state index contributed by atoms with van der Waals surface area (Å²) < 4.78 is 5.46. The van der Waals surface area contributed by atoms with Crippen molar-refractivity contribution in [2.45, 2.75) is 25.5 Å². The minimum Gasteiger partial charge on any atom is -0.508 e. The van der Waals surface area contributed by atoms with Gasteiger partial charge in [-0.2, -0.15) is 0 Å². The number of aromatic hydroxyl groups is 2. The van der Waals surface area contributed by atoms with Gasteiger partial charge in [0.15, 0.2) is 0 Å². The number of nitrogens with one attached hydrogen (secondary N) is 1. The van der Waals surface area contributed by atoms with Crippen molar-refractivity contribution in [2.24, 2.45) is 0 Å². The molecule has 0 saturated carbocycles. The molecule has 0 saturated heterocycles. The van der Waals surface area contributed by atoms with Crippen molar-refractivity contribution in [1.29, 1.82) is 0 Å². The Hall–Kier alpha value is -2.24. The van der Waals surface area contributed by atoms with Crippen LogP contribution in [0.3, 0.4) is 0 Å². The highest BCUT2D eigenvalue weighted by Gasteiger charge is 2.09. The van der Waals surface area contributed by atoms with E-state index in [0.29, 0.717) is 12.3 Å². The highest BCUT2D eigenvalue weighted by Crippen LogP contribution is 2.16. The fourth-order valence-electron chi connectivity index (χ4n) is 2.19. The molecule has 23 heavy (non-hydrogen) atoms. The Morgan fingerprint density at radius 3 is 2.13 bits per heavy atom. The number of hydrogen-bond acceptors (Lipinski definition) is 5. The fraction of sp³-hybridized carbons (Fsp3) is 0.333. The lowest BCUT2D eigenvalue weighted by molar-refractivity contribution is 0.104. The quantitative estimate of drug-likeness (QED) is 0.599. The molecular formula is C18H23NO4. The second-order valence-corrected chi connectivity index (χ2v) is 5.64. The van der Waals surface area contributed by atoms with E-state index in [1.807, 2.05) is 19.1 Å². The van der Waals surface area contributed by atoms with Crippen LogP contribution in [0.25, 0.3) is 0 Å². The van der Waals surface area contributed by atoms with E-state index in [9.17, 15) is 15.3 Å². The van der Waals surface area contributed by atoms with E-state index in [0.717, 1.165) is 12.0 Å². The van der Waals surface area contributed by atoms with Crippen LogP contribution in [-0.4, -0.2) is 40.6 Å². The molecule has 2 aromatic rings. The predicted octanol–water partition coefficient (Wildman–Crippen LogP) is 2.06. The lowest BCUT2D eigenvalue weighted by atomic mass is 10.1. The molecule has 2 aromatic carbocycles. The van der Waals surface area contributed by atoms with Crippen molar-refractivity contribution >= 4 is 0 Å². The van der Waals surface area contributed by atoms with Crippen LogP contribution >= 0.6 is 0 Å². The standard InChI is InChI=1S/C18H23NO4/c1-13(10-14-2-4-15(20)5-3-14)19-11-17(22)12-23-18-8-6-16(21)7-9-18/h2-9,13,17,19-22H,10-12H2,1H3/t13-,17-/m0/s1. The van der Waals surface area contributed by atoms with Crippen LogP contribution in [0.15, 0.2) is 48.5 Å². The number of ether oxygens (including phenoxy) is 1. The lowest BCUT2D eigenvalue weighted by Crippen LogP contribution is -2.37. The molecule has 2 atom stereocenters. The van der Waals surface area contributed by atoms with E-state index in [-0.39, 0.29) is 24.1 Å². The molecule has 124 valence electrons. The second-order valence-electron chi connectivity index (χ2n) is 5.64. The number of rotatable bonds is 8. The number of hydrogen-bond donors (Lipinski definition) is 4. The van der Waals surface area contributed by atoms with Gasteiger partial charge in [0.05, 0.1) is 0 Å². The molecule has 0 unspecified atom stereocenters.